The summed E-state index contributed by atoms with van der Waals surface area (Å²) in [4.78, 5) is 11.6. The summed E-state index contributed by atoms with van der Waals surface area (Å²) in [6, 6.07) is 16.5. The van der Waals surface area contributed by atoms with Crippen LogP contribution in [-0.2, 0) is 16.0 Å². The molecule has 0 radical (unpaired) electrons. The lowest BCUT2D eigenvalue weighted by Gasteiger charge is -2.09. The molecule has 0 fully saturated rings. The summed E-state index contributed by atoms with van der Waals surface area (Å²) >= 11 is 0. The number of hydrogen-bond acceptors (Lipinski definition) is 6. The number of amides is 1. The number of alkyl carbamates (subject to hydrolysis) is 1. The van der Waals surface area contributed by atoms with Crippen LogP contribution in [0, 0.1) is 5.41 Å². The Morgan fingerprint density at radius 3 is 2.30 bits per heavy atom. The second-order valence-electron chi connectivity index (χ2n) is 5.31. The fourth-order valence-electron chi connectivity index (χ4n) is 2.05. The number of benzene rings is 2. The Kier molecular flexibility index (Phi) is 10.5. The van der Waals surface area contributed by atoms with Gasteiger partial charge in [0.05, 0.1) is 13.2 Å². The molecular formula is C19H24ClN3O4. The van der Waals surface area contributed by atoms with Gasteiger partial charge in [-0.05, 0) is 17.7 Å². The molecule has 2 aromatic rings. The number of amidine groups is 1. The molecule has 4 N–H and O–H groups in total. The molecular weight excluding hydrogens is 370 g/mol. The summed E-state index contributed by atoms with van der Waals surface area (Å²) in [6.07, 6.45) is -0.693. The fraction of sp³-hybridized carbons (Fsp3) is 0.263. The Labute approximate surface area is 164 Å². The molecule has 0 aliphatic carbocycles. The number of hydrogen-bond donors (Lipinski definition) is 3. The van der Waals surface area contributed by atoms with Crippen molar-refractivity contribution in [3.05, 3.63) is 65.7 Å². The molecule has 0 bridgehead atoms. The molecule has 8 heteroatoms. The Hall–Kier alpha value is -2.61. The molecule has 2 aromatic carbocycles. The van der Waals surface area contributed by atoms with Crippen molar-refractivity contribution in [2.24, 2.45) is 5.73 Å². The number of nitrogens with one attached hydrogen (secondary N) is 2. The SMILES string of the molecule is Cl.N=C(NC(=O)OCCOCCOc1ccccc1)c1ccc(CN)cc1. The van der Waals surface area contributed by atoms with Crippen LogP contribution >= 0.6 is 12.4 Å². The van der Waals surface area contributed by atoms with Gasteiger partial charge in [0.1, 0.15) is 24.8 Å². The van der Waals surface area contributed by atoms with E-state index in [0.29, 0.717) is 25.3 Å². The minimum atomic E-state index is -0.693. The van der Waals surface area contributed by atoms with Crippen molar-refractivity contribution in [3.63, 3.8) is 0 Å². The highest BCUT2D eigenvalue weighted by atomic mass is 35.5. The van der Waals surface area contributed by atoms with Gasteiger partial charge >= 0.3 is 6.09 Å². The lowest BCUT2D eigenvalue weighted by Crippen LogP contribution is -2.32. The lowest BCUT2D eigenvalue weighted by molar-refractivity contribution is 0.0592. The molecule has 0 spiro atoms. The molecule has 0 unspecified atom stereocenters. The summed E-state index contributed by atoms with van der Waals surface area (Å²) in [7, 11) is 0. The minimum absolute atomic E-state index is 0. The van der Waals surface area contributed by atoms with Crippen molar-refractivity contribution in [2.75, 3.05) is 26.4 Å². The smallest absolute Gasteiger partial charge is 0.412 e. The van der Waals surface area contributed by atoms with Gasteiger partial charge in [-0.15, -0.1) is 12.4 Å². The molecule has 0 saturated heterocycles. The Balaban J connectivity index is 0.00000364. The van der Waals surface area contributed by atoms with Crippen LogP contribution in [-0.4, -0.2) is 38.4 Å². The van der Waals surface area contributed by atoms with Crippen LogP contribution in [0.15, 0.2) is 54.6 Å². The highest BCUT2D eigenvalue weighted by molar-refractivity contribution is 6.04. The molecule has 1 amide bonds. The third-order valence-corrected chi connectivity index (χ3v) is 3.41. The highest BCUT2D eigenvalue weighted by Crippen LogP contribution is 2.07. The van der Waals surface area contributed by atoms with Crippen molar-refractivity contribution in [2.45, 2.75) is 6.54 Å². The zero-order valence-corrected chi connectivity index (χ0v) is 15.7. The van der Waals surface area contributed by atoms with E-state index in [1.54, 1.807) is 12.1 Å². The predicted molar refractivity (Wildman–Crippen MR) is 106 cm³/mol. The van der Waals surface area contributed by atoms with Gasteiger partial charge in [-0.1, -0.05) is 42.5 Å². The zero-order chi connectivity index (χ0) is 18.6. The maximum Gasteiger partial charge on any atom is 0.412 e. The molecule has 0 heterocycles. The minimum Gasteiger partial charge on any atom is -0.491 e. The van der Waals surface area contributed by atoms with Gasteiger partial charge in [-0.2, -0.15) is 0 Å². The Bertz CT molecular complexity index is 696. The number of rotatable bonds is 9. The van der Waals surface area contributed by atoms with Gasteiger partial charge < -0.3 is 19.9 Å². The van der Waals surface area contributed by atoms with E-state index in [9.17, 15) is 4.79 Å². The van der Waals surface area contributed by atoms with Crippen LogP contribution in [0.5, 0.6) is 5.75 Å². The van der Waals surface area contributed by atoms with Crippen LogP contribution in [0.1, 0.15) is 11.1 Å². The fourth-order valence-corrected chi connectivity index (χ4v) is 2.05. The summed E-state index contributed by atoms with van der Waals surface area (Å²) in [6.45, 7) is 1.59. The third kappa shape index (κ3) is 8.54. The van der Waals surface area contributed by atoms with Crippen molar-refractivity contribution in [3.8, 4) is 5.75 Å². The van der Waals surface area contributed by atoms with E-state index in [-0.39, 0.29) is 31.5 Å². The third-order valence-electron chi connectivity index (χ3n) is 3.41. The average molecular weight is 394 g/mol. The van der Waals surface area contributed by atoms with Crippen LogP contribution in [0.3, 0.4) is 0 Å². The molecule has 7 nitrogen and oxygen atoms in total. The number of carbonyl (C=O) groups is 1. The Morgan fingerprint density at radius 2 is 1.63 bits per heavy atom. The first-order valence-electron chi connectivity index (χ1n) is 8.26. The molecule has 27 heavy (non-hydrogen) atoms. The standard InChI is InChI=1S/C19H23N3O4.ClH/c20-14-15-6-8-16(9-7-15)18(21)22-19(23)26-13-11-24-10-12-25-17-4-2-1-3-5-17;/h1-9H,10-14,20H2,(H2,21,22,23);1H. The Morgan fingerprint density at radius 1 is 0.963 bits per heavy atom. The van der Waals surface area contributed by atoms with Gasteiger partial charge in [0.25, 0.3) is 0 Å². The topological polar surface area (TPSA) is 107 Å². The van der Waals surface area contributed by atoms with Gasteiger partial charge in [0, 0.05) is 12.1 Å². The number of nitrogens with two attached hydrogens (primary N) is 1. The van der Waals surface area contributed by atoms with Gasteiger partial charge in [0.2, 0.25) is 0 Å². The molecule has 2 rings (SSSR count). The van der Waals surface area contributed by atoms with Crippen LogP contribution in [0.2, 0.25) is 0 Å². The zero-order valence-electron chi connectivity index (χ0n) is 14.9. The maximum atomic E-state index is 11.6. The monoisotopic (exact) mass is 393 g/mol. The first-order valence-corrected chi connectivity index (χ1v) is 8.26. The normalized spacial score (nSPS) is 9.81. The maximum absolute atomic E-state index is 11.6. The summed E-state index contributed by atoms with van der Waals surface area (Å²) in [5, 5.41) is 10.2. The first kappa shape index (κ1) is 22.4. The van der Waals surface area contributed by atoms with Crippen molar-refractivity contribution in [1.29, 1.82) is 5.41 Å². The molecule has 0 aliphatic heterocycles. The van der Waals surface area contributed by atoms with Crippen molar-refractivity contribution >= 4 is 24.3 Å². The van der Waals surface area contributed by atoms with Crippen LogP contribution in [0.4, 0.5) is 4.79 Å². The molecule has 146 valence electrons. The average Bonchev–Trinajstić information content (AvgIpc) is 2.68. The van der Waals surface area contributed by atoms with E-state index in [1.807, 2.05) is 42.5 Å². The van der Waals surface area contributed by atoms with E-state index in [0.717, 1.165) is 11.3 Å². The first-order chi connectivity index (χ1) is 12.7. The van der Waals surface area contributed by atoms with Crippen molar-refractivity contribution < 1.29 is 19.0 Å². The van der Waals surface area contributed by atoms with Gasteiger partial charge in [-0.25, -0.2) is 4.79 Å². The van der Waals surface area contributed by atoms with E-state index in [2.05, 4.69) is 5.32 Å². The molecule has 0 atom stereocenters. The van der Waals surface area contributed by atoms with Crippen LogP contribution < -0.4 is 15.8 Å². The second-order valence-corrected chi connectivity index (χ2v) is 5.31. The molecule has 0 aliphatic rings. The van der Waals surface area contributed by atoms with E-state index < -0.39 is 6.09 Å². The predicted octanol–water partition coefficient (Wildman–Crippen LogP) is 2.71. The number of halogens is 1. The number of carbonyl (C=O) groups excluding carboxylic acids is 1. The largest absolute Gasteiger partial charge is 0.491 e. The van der Waals surface area contributed by atoms with E-state index in [1.165, 1.54) is 0 Å². The summed E-state index contributed by atoms with van der Waals surface area (Å²) in [5.41, 5.74) is 7.05. The summed E-state index contributed by atoms with van der Waals surface area (Å²) < 4.78 is 15.8. The molecule has 0 saturated carbocycles. The summed E-state index contributed by atoms with van der Waals surface area (Å²) in [5.74, 6) is 0.750. The quantitative estimate of drug-likeness (QED) is 0.345. The van der Waals surface area contributed by atoms with E-state index >= 15 is 0 Å². The van der Waals surface area contributed by atoms with Crippen molar-refractivity contribution in [1.82, 2.24) is 5.32 Å². The van der Waals surface area contributed by atoms with Crippen LogP contribution in [0.25, 0.3) is 0 Å². The second kappa shape index (κ2) is 12.7. The molecule has 0 aromatic heterocycles. The number of para-hydroxylation sites is 1. The van der Waals surface area contributed by atoms with Gasteiger partial charge in [-0.3, -0.25) is 10.7 Å². The number of ether oxygens (including phenoxy) is 3. The lowest BCUT2D eigenvalue weighted by atomic mass is 10.1. The highest BCUT2D eigenvalue weighted by Gasteiger charge is 2.07. The van der Waals surface area contributed by atoms with E-state index in [4.69, 9.17) is 25.4 Å². The van der Waals surface area contributed by atoms with Gasteiger partial charge in [0.15, 0.2) is 0 Å².